The van der Waals surface area contributed by atoms with Crippen LogP contribution in [0, 0.1) is 19.3 Å². The molecule has 0 heterocycles. The van der Waals surface area contributed by atoms with Crippen LogP contribution >= 0.6 is 22.6 Å². The normalized spacial score (nSPS) is 12.1. The average Bonchev–Trinajstić information content (AvgIpc) is 2.55. The van der Waals surface area contributed by atoms with Crippen LogP contribution in [0.5, 0.6) is 0 Å². The van der Waals surface area contributed by atoms with Gasteiger partial charge in [0, 0.05) is 17.7 Å². The van der Waals surface area contributed by atoms with E-state index in [1.807, 2.05) is 0 Å². The van der Waals surface area contributed by atoms with E-state index in [9.17, 15) is 9.59 Å². The Kier molecular flexibility index (Phi) is 8.29. The van der Waals surface area contributed by atoms with Gasteiger partial charge in [-0.1, -0.05) is 50.1 Å². The van der Waals surface area contributed by atoms with Gasteiger partial charge in [-0.15, -0.1) is 0 Å². The zero-order valence-corrected chi connectivity index (χ0v) is 20.3. The van der Waals surface area contributed by atoms with Crippen LogP contribution < -0.4 is 0 Å². The number of carbonyl (C=O) groups excluding carboxylic acids is 2. The van der Waals surface area contributed by atoms with Crippen molar-refractivity contribution in [3.8, 4) is 0 Å². The Morgan fingerprint density at radius 2 is 1.36 bits per heavy atom. The minimum atomic E-state index is -0.724. The predicted molar refractivity (Wildman–Crippen MR) is 121 cm³/mol. The van der Waals surface area contributed by atoms with Crippen molar-refractivity contribution in [3.63, 3.8) is 0 Å². The quantitative estimate of drug-likeness (QED) is 0.147. The fraction of sp³-hybridized carbons (Fsp3) is 0.455. The van der Waals surface area contributed by atoms with E-state index in [-0.39, 0.29) is 11.0 Å². The van der Waals surface area contributed by atoms with Crippen LogP contribution in [0.4, 0.5) is 0 Å². The Bertz CT molecular complexity index is 791. The fourth-order valence-corrected chi connectivity index (χ4v) is 5.01. The lowest BCUT2D eigenvalue weighted by molar-refractivity contribution is -0.144. The maximum Gasteiger partial charge on any atom is 0.347 e. The number of rotatable bonds is 5. The molecule has 0 unspecified atom stereocenters. The van der Waals surface area contributed by atoms with Gasteiger partial charge in [0.1, 0.15) is 0 Å². The summed E-state index contributed by atoms with van der Waals surface area (Å²) in [6.45, 7) is 10.5. The number of likely N-dealkylation sites (N-methyl/N-ethyl adjacent to an activating group) is 1. The van der Waals surface area contributed by atoms with Gasteiger partial charge in [0.05, 0.1) is 19.9 Å². The minimum Gasteiger partial charge on any atom is -0.465 e. The number of aryl methyl sites for hydroxylation is 2. The first-order valence-electron chi connectivity index (χ1n) is 8.92. The number of hydrogen-bond donors (Lipinski definition) is 0. The van der Waals surface area contributed by atoms with E-state index in [1.54, 1.807) is 19.0 Å². The van der Waals surface area contributed by atoms with E-state index < -0.39 is 11.9 Å². The number of carbonyl (C=O) groups is 2. The second kappa shape index (κ2) is 9.58. The topological polar surface area (TPSA) is 55.8 Å². The highest BCUT2D eigenvalue weighted by Gasteiger charge is 2.32. The van der Waals surface area contributed by atoms with Crippen LogP contribution in [-0.2, 0) is 19.1 Å². The number of nitrogens with zero attached hydrogens (tertiary/aromatic N) is 1. The second-order valence-electron chi connectivity index (χ2n) is 7.92. The number of allylic oxidation sites excluding steroid dienone is 2. The molecule has 5 nitrogen and oxygen atoms in total. The molecule has 0 bridgehead atoms. The molecule has 6 heteroatoms. The minimum absolute atomic E-state index is 0.120. The van der Waals surface area contributed by atoms with Crippen molar-refractivity contribution in [1.29, 1.82) is 0 Å². The van der Waals surface area contributed by atoms with Crippen molar-refractivity contribution < 1.29 is 19.1 Å². The number of esters is 2. The first-order chi connectivity index (χ1) is 12.8. The SMILES string of the molecule is COC(=O)C(C(=O)OC)=C(/C(I)=C(/c1cc(C)cc(C)c1)C(C)(C)C)N(C)C. The molecule has 0 aliphatic heterocycles. The molecule has 28 heavy (non-hydrogen) atoms. The van der Waals surface area contributed by atoms with Crippen molar-refractivity contribution in [2.24, 2.45) is 5.41 Å². The van der Waals surface area contributed by atoms with Crippen molar-refractivity contribution in [1.82, 2.24) is 4.90 Å². The largest absolute Gasteiger partial charge is 0.465 e. The van der Waals surface area contributed by atoms with Gasteiger partial charge in [0.2, 0.25) is 0 Å². The molecule has 0 saturated carbocycles. The second-order valence-corrected chi connectivity index (χ2v) is 9.00. The monoisotopic (exact) mass is 499 g/mol. The molecule has 0 aromatic heterocycles. The van der Waals surface area contributed by atoms with Gasteiger partial charge < -0.3 is 14.4 Å². The zero-order chi connectivity index (χ0) is 21.8. The van der Waals surface area contributed by atoms with Crippen molar-refractivity contribution >= 4 is 40.1 Å². The highest BCUT2D eigenvalue weighted by atomic mass is 127. The molecule has 0 aliphatic rings. The molecule has 1 rings (SSSR count). The van der Waals surface area contributed by atoms with Crippen molar-refractivity contribution in [2.45, 2.75) is 34.6 Å². The zero-order valence-electron chi connectivity index (χ0n) is 18.2. The highest BCUT2D eigenvalue weighted by molar-refractivity contribution is 14.1. The number of hydrogen-bond acceptors (Lipinski definition) is 5. The summed E-state index contributed by atoms with van der Waals surface area (Å²) >= 11 is 2.21. The van der Waals surface area contributed by atoms with E-state index in [2.05, 4.69) is 75.4 Å². The summed E-state index contributed by atoms with van der Waals surface area (Å²) in [5.41, 5.74) is 4.51. The van der Waals surface area contributed by atoms with Gasteiger partial charge in [-0.3, -0.25) is 0 Å². The molecule has 0 amide bonds. The molecule has 154 valence electrons. The summed E-state index contributed by atoms with van der Waals surface area (Å²) in [4.78, 5) is 26.6. The van der Waals surface area contributed by atoms with Gasteiger partial charge in [-0.25, -0.2) is 9.59 Å². The van der Waals surface area contributed by atoms with Crippen LogP contribution in [0.25, 0.3) is 5.57 Å². The van der Waals surface area contributed by atoms with Gasteiger partial charge in [-0.05, 0) is 53.0 Å². The van der Waals surface area contributed by atoms with E-state index in [1.165, 1.54) is 14.2 Å². The molecule has 0 saturated heterocycles. The summed E-state index contributed by atoms with van der Waals surface area (Å²) in [6.07, 6.45) is 0. The standard InChI is InChI=1S/C22H30INO4/c1-13-10-14(2)12-15(11-13)17(22(3,4)5)18(23)19(24(6)7)16(20(25)27-8)21(26)28-9/h10-12H,1-9H3/b18-17+. The van der Waals surface area contributed by atoms with E-state index >= 15 is 0 Å². The maximum absolute atomic E-state index is 12.4. The lowest BCUT2D eigenvalue weighted by atomic mass is 9.80. The third-order valence-corrected chi connectivity index (χ3v) is 5.20. The first kappa shape index (κ1) is 24.2. The first-order valence-corrected chi connectivity index (χ1v) is 10.0. The smallest absolute Gasteiger partial charge is 0.347 e. The molecule has 1 aromatic carbocycles. The van der Waals surface area contributed by atoms with Crippen LogP contribution in [0.1, 0.15) is 37.5 Å². The maximum atomic E-state index is 12.4. The van der Waals surface area contributed by atoms with Crippen LogP contribution in [0.2, 0.25) is 0 Å². The molecule has 0 aliphatic carbocycles. The summed E-state index contributed by atoms with van der Waals surface area (Å²) in [7, 11) is 6.09. The number of benzene rings is 1. The molecule has 0 fully saturated rings. The fourth-order valence-electron chi connectivity index (χ4n) is 3.14. The summed E-state index contributed by atoms with van der Waals surface area (Å²) < 4.78 is 10.5. The third-order valence-electron chi connectivity index (χ3n) is 4.15. The van der Waals surface area contributed by atoms with E-state index in [4.69, 9.17) is 9.47 Å². The lowest BCUT2D eigenvalue weighted by Gasteiger charge is -2.29. The Morgan fingerprint density at radius 3 is 1.68 bits per heavy atom. The van der Waals surface area contributed by atoms with Crippen molar-refractivity contribution in [3.05, 3.63) is 49.7 Å². The van der Waals surface area contributed by atoms with Crippen LogP contribution in [0.15, 0.2) is 33.0 Å². The van der Waals surface area contributed by atoms with E-state index in [0.29, 0.717) is 5.70 Å². The Balaban J connectivity index is 4.05. The molecule has 0 N–H and O–H groups in total. The lowest BCUT2D eigenvalue weighted by Crippen LogP contribution is -2.26. The molecule has 1 aromatic rings. The molecule has 0 spiro atoms. The third kappa shape index (κ3) is 5.59. The Hall–Kier alpha value is -1.83. The number of halogens is 1. The summed E-state index contributed by atoms with van der Waals surface area (Å²) in [6, 6.07) is 6.36. The molecule has 0 radical (unpaired) electrons. The average molecular weight is 499 g/mol. The highest BCUT2D eigenvalue weighted by Crippen LogP contribution is 2.43. The van der Waals surface area contributed by atoms with Gasteiger partial charge in [0.25, 0.3) is 0 Å². The van der Waals surface area contributed by atoms with Gasteiger partial charge in [-0.2, -0.15) is 0 Å². The summed E-state index contributed by atoms with van der Waals surface area (Å²) in [5, 5.41) is 0. The Morgan fingerprint density at radius 1 is 0.929 bits per heavy atom. The Labute approximate surface area is 181 Å². The molecular weight excluding hydrogens is 469 g/mol. The van der Waals surface area contributed by atoms with Crippen LogP contribution in [0.3, 0.4) is 0 Å². The summed E-state index contributed by atoms with van der Waals surface area (Å²) in [5.74, 6) is -1.45. The number of ether oxygens (including phenoxy) is 2. The van der Waals surface area contributed by atoms with E-state index in [0.717, 1.165) is 25.8 Å². The van der Waals surface area contributed by atoms with Gasteiger partial charge in [0.15, 0.2) is 5.57 Å². The molecule has 0 atom stereocenters. The van der Waals surface area contributed by atoms with Crippen molar-refractivity contribution in [2.75, 3.05) is 28.3 Å². The predicted octanol–water partition coefficient (Wildman–Crippen LogP) is 4.66. The van der Waals surface area contributed by atoms with Gasteiger partial charge >= 0.3 is 11.9 Å². The molecular formula is C22H30INO4. The van der Waals surface area contributed by atoms with Crippen LogP contribution in [-0.4, -0.2) is 45.2 Å². The number of methoxy groups -OCH3 is 2.